The molecule has 11 N–H and O–H groups in total. The average Bonchev–Trinajstić information content (AvgIpc) is 2.99. The number of phenolic OH excluding ortho intramolecular Hbond substituents is 4. The van der Waals surface area contributed by atoms with Crippen LogP contribution in [0.4, 0.5) is 0 Å². The van der Waals surface area contributed by atoms with Crippen LogP contribution in [-0.4, -0.2) is 131 Å². The molecule has 17 heteroatoms. The Hall–Kier alpha value is -3.75. The van der Waals surface area contributed by atoms with E-state index in [0.717, 1.165) is 24.3 Å². The fraction of sp³-hybridized carbons (Fsp3) is 0.444. The summed E-state index contributed by atoms with van der Waals surface area (Å²) in [5, 5.41) is 111. The standard InChI is InChI=1S/C27H30O17/c28-6-15-19(33)22(36)24(38)26(43-15)40-7-16-20(34)23(37)25(39)27(44-16)42-14-5-13-17(21(35)18(14)32)11(31)4-12(41-13)8-1-2-9(29)10(30)3-8/h1-5,15-16,19-20,22-30,32-39H,6-7H2/t15-,16-,19-,20-,22+,23+,24+,25-,26-,27-/m1/s1. The van der Waals surface area contributed by atoms with Crippen LogP contribution in [0.2, 0.25) is 0 Å². The number of aliphatic hydroxyl groups is 7. The van der Waals surface area contributed by atoms with Crippen molar-refractivity contribution >= 4 is 11.0 Å². The van der Waals surface area contributed by atoms with E-state index >= 15 is 0 Å². The number of ether oxygens (including phenoxy) is 4. The zero-order valence-electron chi connectivity index (χ0n) is 22.4. The molecular formula is C27H30O17. The third-order valence-corrected chi connectivity index (χ3v) is 7.38. The number of hydrogen-bond donors (Lipinski definition) is 11. The maximum Gasteiger partial charge on any atom is 0.229 e. The lowest BCUT2D eigenvalue weighted by atomic mass is 9.98. The highest BCUT2D eigenvalue weighted by molar-refractivity contribution is 5.89. The second kappa shape index (κ2) is 12.3. The molecule has 17 nitrogen and oxygen atoms in total. The molecule has 3 heterocycles. The van der Waals surface area contributed by atoms with E-state index in [-0.39, 0.29) is 16.9 Å². The van der Waals surface area contributed by atoms with E-state index in [4.69, 9.17) is 23.4 Å². The molecule has 0 saturated carbocycles. The van der Waals surface area contributed by atoms with Crippen LogP contribution in [0.15, 0.2) is 39.5 Å². The summed E-state index contributed by atoms with van der Waals surface area (Å²) in [6.45, 7) is -1.38. The van der Waals surface area contributed by atoms with Crippen LogP contribution < -0.4 is 10.2 Å². The highest BCUT2D eigenvalue weighted by Crippen LogP contribution is 2.43. The molecule has 0 spiro atoms. The highest BCUT2D eigenvalue weighted by atomic mass is 16.7. The van der Waals surface area contributed by atoms with Gasteiger partial charge in [-0.3, -0.25) is 4.79 Å². The van der Waals surface area contributed by atoms with Crippen molar-refractivity contribution in [3.05, 3.63) is 40.6 Å². The predicted octanol–water partition coefficient (Wildman–Crippen LogP) is -2.71. The van der Waals surface area contributed by atoms with E-state index in [1.54, 1.807) is 0 Å². The van der Waals surface area contributed by atoms with E-state index in [1.807, 2.05) is 0 Å². The molecule has 0 unspecified atom stereocenters. The molecule has 0 aliphatic carbocycles. The molecule has 0 amide bonds. The Morgan fingerprint density at radius 3 is 2.00 bits per heavy atom. The minimum Gasteiger partial charge on any atom is -0.504 e. The maximum absolute atomic E-state index is 12.8. The summed E-state index contributed by atoms with van der Waals surface area (Å²) < 4.78 is 27.3. The lowest BCUT2D eigenvalue weighted by molar-refractivity contribution is -0.323. The summed E-state index contributed by atoms with van der Waals surface area (Å²) in [7, 11) is 0. The molecule has 2 saturated heterocycles. The molecule has 2 fully saturated rings. The molecule has 5 rings (SSSR count). The van der Waals surface area contributed by atoms with Gasteiger partial charge in [-0.15, -0.1) is 0 Å². The van der Waals surface area contributed by atoms with Crippen molar-refractivity contribution in [1.29, 1.82) is 0 Å². The van der Waals surface area contributed by atoms with Gasteiger partial charge in [-0.25, -0.2) is 0 Å². The number of fused-ring (bicyclic) bond motifs is 1. The van der Waals surface area contributed by atoms with Gasteiger partial charge in [0, 0.05) is 17.7 Å². The Balaban J connectivity index is 1.39. The first-order valence-electron chi connectivity index (χ1n) is 13.2. The van der Waals surface area contributed by atoms with Crippen molar-refractivity contribution in [2.45, 2.75) is 61.4 Å². The van der Waals surface area contributed by atoms with Gasteiger partial charge in [-0.1, -0.05) is 0 Å². The number of aliphatic hydroxyl groups excluding tert-OH is 7. The van der Waals surface area contributed by atoms with Gasteiger partial charge in [-0.05, 0) is 18.2 Å². The topological polar surface area (TPSA) is 290 Å². The summed E-state index contributed by atoms with van der Waals surface area (Å²) in [6, 6.07) is 5.55. The van der Waals surface area contributed by atoms with Gasteiger partial charge in [0.1, 0.15) is 65.6 Å². The number of phenols is 4. The van der Waals surface area contributed by atoms with Crippen LogP contribution in [0.3, 0.4) is 0 Å². The van der Waals surface area contributed by atoms with Crippen molar-refractivity contribution in [3.63, 3.8) is 0 Å². The minimum atomic E-state index is -1.94. The second-order valence-electron chi connectivity index (χ2n) is 10.3. The van der Waals surface area contributed by atoms with Crippen molar-refractivity contribution in [3.8, 4) is 40.1 Å². The summed E-state index contributed by atoms with van der Waals surface area (Å²) in [6.07, 6.45) is -17.1. The van der Waals surface area contributed by atoms with Gasteiger partial charge in [-0.2, -0.15) is 0 Å². The van der Waals surface area contributed by atoms with Crippen LogP contribution in [0.5, 0.6) is 28.7 Å². The Morgan fingerprint density at radius 1 is 0.705 bits per heavy atom. The molecule has 3 aromatic rings. The SMILES string of the molecule is O=c1cc(-c2ccc(O)c(O)c2)oc2cc(O[C@@H]3O[C@H](CO[C@@H]4O[C@H](CO)[C@@H](O)[C@H](O)[C@@H]4O)[C@@H](O)[C@H](O)[C@H]3O)c(O)c(O)c12. The Kier molecular flexibility index (Phi) is 8.87. The quantitative estimate of drug-likeness (QED) is 0.119. The molecule has 10 atom stereocenters. The number of rotatable bonds is 7. The number of benzene rings is 2. The first kappa shape index (κ1) is 31.7. The second-order valence-corrected chi connectivity index (χ2v) is 10.3. The van der Waals surface area contributed by atoms with E-state index in [2.05, 4.69) is 0 Å². The predicted molar refractivity (Wildman–Crippen MR) is 142 cm³/mol. The van der Waals surface area contributed by atoms with Gasteiger partial charge in [0.25, 0.3) is 0 Å². The zero-order chi connectivity index (χ0) is 32.0. The van der Waals surface area contributed by atoms with Crippen molar-refractivity contribution in [1.82, 2.24) is 0 Å². The fourth-order valence-corrected chi connectivity index (χ4v) is 4.85. The Morgan fingerprint density at radius 2 is 1.34 bits per heavy atom. The maximum atomic E-state index is 12.8. The monoisotopic (exact) mass is 626 g/mol. The van der Waals surface area contributed by atoms with Crippen LogP contribution in [0, 0.1) is 0 Å². The molecule has 2 aliphatic heterocycles. The number of hydrogen-bond acceptors (Lipinski definition) is 17. The largest absolute Gasteiger partial charge is 0.504 e. The van der Waals surface area contributed by atoms with E-state index in [1.165, 1.54) is 6.07 Å². The summed E-state index contributed by atoms with van der Waals surface area (Å²) in [4.78, 5) is 12.8. The first-order valence-corrected chi connectivity index (χ1v) is 13.2. The third kappa shape index (κ3) is 5.73. The normalized spacial score (nSPS) is 32.5. The summed E-state index contributed by atoms with van der Waals surface area (Å²) >= 11 is 0. The Bertz CT molecular complexity index is 1560. The third-order valence-electron chi connectivity index (χ3n) is 7.38. The lowest BCUT2D eigenvalue weighted by Gasteiger charge is -2.42. The van der Waals surface area contributed by atoms with Crippen LogP contribution in [0.25, 0.3) is 22.3 Å². The van der Waals surface area contributed by atoms with Crippen molar-refractivity contribution in [2.24, 2.45) is 0 Å². The van der Waals surface area contributed by atoms with E-state index in [0.29, 0.717) is 0 Å². The minimum absolute atomic E-state index is 0.105. The molecule has 0 radical (unpaired) electrons. The fourth-order valence-electron chi connectivity index (χ4n) is 4.85. The highest BCUT2D eigenvalue weighted by Gasteiger charge is 2.48. The molecule has 44 heavy (non-hydrogen) atoms. The van der Waals surface area contributed by atoms with Gasteiger partial charge in [0.05, 0.1) is 13.2 Å². The van der Waals surface area contributed by atoms with Crippen molar-refractivity contribution in [2.75, 3.05) is 13.2 Å². The van der Waals surface area contributed by atoms with Gasteiger partial charge in [0.15, 0.2) is 34.7 Å². The van der Waals surface area contributed by atoms with Crippen LogP contribution >= 0.6 is 0 Å². The van der Waals surface area contributed by atoms with Gasteiger partial charge in [0.2, 0.25) is 12.0 Å². The molecule has 2 aromatic carbocycles. The van der Waals surface area contributed by atoms with Gasteiger partial charge < -0.3 is 79.5 Å². The molecule has 0 bridgehead atoms. The molecule has 240 valence electrons. The zero-order valence-corrected chi connectivity index (χ0v) is 22.4. The summed E-state index contributed by atoms with van der Waals surface area (Å²) in [5.74, 6) is -3.55. The molecule has 1 aromatic heterocycles. The molecule has 2 aliphatic rings. The summed E-state index contributed by atoms with van der Waals surface area (Å²) in [5.41, 5.74) is -0.954. The van der Waals surface area contributed by atoms with Crippen LogP contribution in [-0.2, 0) is 14.2 Å². The average molecular weight is 627 g/mol. The van der Waals surface area contributed by atoms with E-state index < -0.39 is 114 Å². The smallest absolute Gasteiger partial charge is 0.229 e. The first-order chi connectivity index (χ1) is 20.8. The number of aromatic hydroxyl groups is 4. The van der Waals surface area contributed by atoms with E-state index in [9.17, 15) is 61.0 Å². The lowest BCUT2D eigenvalue weighted by Crippen LogP contribution is -2.62. The van der Waals surface area contributed by atoms with Crippen molar-refractivity contribution < 1.29 is 79.5 Å². The Labute approximate surface area is 246 Å². The van der Waals surface area contributed by atoms with Gasteiger partial charge >= 0.3 is 0 Å². The van der Waals surface area contributed by atoms with Crippen LogP contribution in [0.1, 0.15) is 0 Å². The molecular weight excluding hydrogens is 596 g/mol.